The molecule has 0 spiro atoms. The predicted octanol–water partition coefficient (Wildman–Crippen LogP) is 1.01. The molecule has 0 saturated carbocycles. The van der Waals surface area contributed by atoms with Gasteiger partial charge in [-0.05, 0) is 18.6 Å². The number of imide groups is 1. The van der Waals surface area contributed by atoms with Crippen molar-refractivity contribution in [2.24, 2.45) is 11.8 Å². The van der Waals surface area contributed by atoms with Crippen LogP contribution in [-0.4, -0.2) is 46.7 Å². The van der Waals surface area contributed by atoms with Gasteiger partial charge in [-0.3, -0.25) is 25.0 Å². The van der Waals surface area contributed by atoms with Gasteiger partial charge in [0.15, 0.2) is 17.0 Å². The van der Waals surface area contributed by atoms with Gasteiger partial charge in [0.2, 0.25) is 11.8 Å². The van der Waals surface area contributed by atoms with E-state index in [2.05, 4.69) is 10.6 Å². The van der Waals surface area contributed by atoms with Crippen LogP contribution in [0.5, 0.6) is 11.5 Å². The van der Waals surface area contributed by atoms with Crippen LogP contribution < -0.4 is 20.1 Å². The van der Waals surface area contributed by atoms with Gasteiger partial charge < -0.3 is 19.7 Å². The molecule has 2 aromatic carbocycles. The number of aliphatic hydroxyl groups is 1. The van der Waals surface area contributed by atoms with E-state index >= 15 is 0 Å². The highest BCUT2D eigenvalue weighted by atomic mass is 16.5. The number of para-hydroxylation sites is 1. The number of fused-ring (bicyclic) bond motifs is 1. The van der Waals surface area contributed by atoms with Gasteiger partial charge in [0.1, 0.15) is 6.61 Å². The fourth-order valence-electron chi connectivity index (χ4n) is 4.72. The number of carboxylic acids is 1. The zero-order valence-corrected chi connectivity index (χ0v) is 17.6. The predicted molar refractivity (Wildman–Crippen MR) is 112 cm³/mol. The molecule has 2 aliphatic heterocycles. The monoisotopic (exact) mass is 440 g/mol. The van der Waals surface area contributed by atoms with E-state index < -0.39 is 47.3 Å². The average Bonchev–Trinajstić information content (AvgIpc) is 3.29. The lowest BCUT2D eigenvalue weighted by Gasteiger charge is -2.32. The van der Waals surface area contributed by atoms with Crippen molar-refractivity contribution in [1.82, 2.24) is 10.6 Å². The first kappa shape index (κ1) is 21.8. The number of aliphatic hydroxyl groups excluding tert-OH is 1. The van der Waals surface area contributed by atoms with Gasteiger partial charge in [0, 0.05) is 11.6 Å². The minimum Gasteiger partial charge on any atom is -0.493 e. The molecular weight excluding hydrogens is 416 g/mol. The molecule has 168 valence electrons. The Morgan fingerprint density at radius 1 is 1.12 bits per heavy atom. The Bertz CT molecular complexity index is 1060. The molecule has 0 bridgehead atoms. The summed E-state index contributed by atoms with van der Waals surface area (Å²) in [5.74, 6) is -4.35. The molecular formula is C23H24N2O7. The first-order valence-electron chi connectivity index (χ1n) is 10.2. The summed E-state index contributed by atoms with van der Waals surface area (Å²) in [6, 6.07) is 13.6. The second-order valence-corrected chi connectivity index (χ2v) is 7.98. The van der Waals surface area contributed by atoms with Crippen molar-refractivity contribution in [3.63, 3.8) is 0 Å². The van der Waals surface area contributed by atoms with E-state index in [0.717, 1.165) is 5.56 Å². The molecule has 9 nitrogen and oxygen atoms in total. The second-order valence-electron chi connectivity index (χ2n) is 7.98. The maximum absolute atomic E-state index is 12.7. The molecule has 2 amide bonds. The minimum absolute atomic E-state index is 0.209. The number of benzene rings is 2. The van der Waals surface area contributed by atoms with Crippen LogP contribution in [0.1, 0.15) is 24.1 Å². The molecule has 0 radical (unpaired) electrons. The summed E-state index contributed by atoms with van der Waals surface area (Å²) in [6.07, 6.45) is -1.45. The quantitative estimate of drug-likeness (QED) is 0.469. The number of rotatable bonds is 7. The summed E-state index contributed by atoms with van der Waals surface area (Å²) in [5, 5.41) is 25.6. The third-order valence-corrected chi connectivity index (χ3v) is 6.24. The Hall–Kier alpha value is -3.43. The van der Waals surface area contributed by atoms with Crippen molar-refractivity contribution in [2.45, 2.75) is 31.2 Å². The van der Waals surface area contributed by atoms with Crippen LogP contribution >= 0.6 is 0 Å². The fourth-order valence-corrected chi connectivity index (χ4v) is 4.72. The van der Waals surface area contributed by atoms with Crippen LogP contribution in [0.25, 0.3) is 0 Å². The number of ether oxygens (including phenoxy) is 2. The lowest BCUT2D eigenvalue weighted by molar-refractivity contribution is -0.154. The van der Waals surface area contributed by atoms with Crippen molar-refractivity contribution in [1.29, 1.82) is 0 Å². The molecule has 0 aromatic heterocycles. The molecule has 0 aliphatic carbocycles. The number of amides is 2. The topological polar surface area (TPSA) is 134 Å². The van der Waals surface area contributed by atoms with Crippen LogP contribution in [0.15, 0.2) is 48.5 Å². The maximum atomic E-state index is 12.7. The summed E-state index contributed by atoms with van der Waals surface area (Å²) in [6.45, 7) is 1.50. The van der Waals surface area contributed by atoms with Crippen molar-refractivity contribution in [3.8, 4) is 11.5 Å². The normalized spacial score (nSPS) is 27.5. The number of carboxylic acid groups (broad SMARTS) is 1. The van der Waals surface area contributed by atoms with Crippen LogP contribution in [0.4, 0.5) is 0 Å². The van der Waals surface area contributed by atoms with E-state index in [1.54, 1.807) is 18.2 Å². The second kappa shape index (κ2) is 8.25. The Balaban J connectivity index is 1.79. The van der Waals surface area contributed by atoms with Gasteiger partial charge in [-0.1, -0.05) is 42.5 Å². The highest BCUT2D eigenvalue weighted by Gasteiger charge is 2.68. The molecule has 2 heterocycles. The van der Waals surface area contributed by atoms with Crippen LogP contribution in [-0.2, 0) is 21.0 Å². The fraction of sp³-hybridized carbons (Fsp3) is 0.348. The zero-order chi connectivity index (χ0) is 23.0. The minimum atomic E-state index is -2.04. The highest BCUT2D eigenvalue weighted by molar-refractivity contribution is 6.09. The molecule has 9 heteroatoms. The summed E-state index contributed by atoms with van der Waals surface area (Å²) in [4.78, 5) is 37.6. The van der Waals surface area contributed by atoms with E-state index in [4.69, 9.17) is 9.47 Å². The van der Waals surface area contributed by atoms with Crippen LogP contribution in [0.2, 0.25) is 0 Å². The van der Waals surface area contributed by atoms with Crippen molar-refractivity contribution in [3.05, 3.63) is 59.7 Å². The molecule has 4 N–H and O–H groups in total. The Labute approximate surface area is 184 Å². The Morgan fingerprint density at radius 2 is 1.84 bits per heavy atom. The lowest BCUT2D eigenvalue weighted by Crippen LogP contribution is -2.62. The Morgan fingerprint density at radius 3 is 2.47 bits per heavy atom. The van der Waals surface area contributed by atoms with E-state index in [1.807, 2.05) is 30.3 Å². The Kier molecular flexibility index (Phi) is 5.62. The SMILES string of the molecule is COc1cccc(C2NC(C(=O)O)(C(C)O)C3C(=O)NC(=O)C23)c1OCc1ccccc1. The largest absolute Gasteiger partial charge is 0.493 e. The third kappa shape index (κ3) is 3.30. The van der Waals surface area contributed by atoms with Gasteiger partial charge in [0.05, 0.1) is 25.0 Å². The molecule has 4 rings (SSSR count). The number of nitrogens with one attached hydrogen (secondary N) is 2. The molecule has 5 atom stereocenters. The van der Waals surface area contributed by atoms with Gasteiger partial charge in [-0.2, -0.15) is 0 Å². The molecule has 5 unspecified atom stereocenters. The number of hydrogen-bond acceptors (Lipinski definition) is 7. The van der Waals surface area contributed by atoms with Gasteiger partial charge in [-0.25, -0.2) is 0 Å². The zero-order valence-electron chi connectivity index (χ0n) is 17.6. The summed E-state index contributed by atoms with van der Waals surface area (Å²) in [5.41, 5.74) is -0.672. The maximum Gasteiger partial charge on any atom is 0.327 e. The number of carbonyl (C=O) groups excluding carboxylic acids is 2. The van der Waals surface area contributed by atoms with Crippen molar-refractivity contribution >= 4 is 17.8 Å². The van der Waals surface area contributed by atoms with E-state index in [9.17, 15) is 24.6 Å². The molecule has 2 aliphatic rings. The molecule has 2 saturated heterocycles. The highest BCUT2D eigenvalue weighted by Crippen LogP contribution is 2.50. The van der Waals surface area contributed by atoms with Crippen molar-refractivity contribution in [2.75, 3.05) is 7.11 Å². The van der Waals surface area contributed by atoms with Crippen molar-refractivity contribution < 1.29 is 34.1 Å². The standard InChI is InChI=1S/C23H24N2O7/c1-12(26)23(22(29)30)17-16(20(27)24-21(17)28)18(25-23)14-9-6-10-15(31-2)19(14)32-11-13-7-4-3-5-8-13/h3-10,12,16-18,25-26H,11H2,1-2H3,(H,29,30)(H,24,27,28). The van der Waals surface area contributed by atoms with Gasteiger partial charge in [0.25, 0.3) is 0 Å². The number of carbonyl (C=O) groups is 3. The first-order chi connectivity index (χ1) is 15.3. The smallest absolute Gasteiger partial charge is 0.327 e. The van der Waals surface area contributed by atoms with E-state index in [1.165, 1.54) is 14.0 Å². The molecule has 2 fully saturated rings. The number of methoxy groups -OCH3 is 1. The number of aliphatic carboxylic acids is 1. The molecule has 32 heavy (non-hydrogen) atoms. The van der Waals surface area contributed by atoms with Crippen LogP contribution in [0, 0.1) is 11.8 Å². The number of hydrogen-bond donors (Lipinski definition) is 4. The molecule has 2 aromatic rings. The van der Waals surface area contributed by atoms with E-state index in [0.29, 0.717) is 17.1 Å². The average molecular weight is 440 g/mol. The van der Waals surface area contributed by atoms with Crippen LogP contribution in [0.3, 0.4) is 0 Å². The summed E-state index contributed by atoms with van der Waals surface area (Å²) >= 11 is 0. The van der Waals surface area contributed by atoms with E-state index in [-0.39, 0.29) is 6.61 Å². The van der Waals surface area contributed by atoms with Gasteiger partial charge >= 0.3 is 5.97 Å². The first-order valence-corrected chi connectivity index (χ1v) is 10.2. The summed E-state index contributed by atoms with van der Waals surface area (Å²) in [7, 11) is 1.47. The lowest BCUT2D eigenvalue weighted by atomic mass is 9.76. The third-order valence-electron chi connectivity index (χ3n) is 6.24. The van der Waals surface area contributed by atoms with Gasteiger partial charge in [-0.15, -0.1) is 0 Å². The summed E-state index contributed by atoms with van der Waals surface area (Å²) < 4.78 is 11.5.